The second-order valence-corrected chi connectivity index (χ2v) is 12.0. The second kappa shape index (κ2) is 15.5. The lowest BCUT2D eigenvalue weighted by molar-refractivity contribution is -0.155. The molecule has 244 valence electrons. The van der Waals surface area contributed by atoms with E-state index in [1.165, 1.54) is 10.9 Å². The number of amides is 2. The van der Waals surface area contributed by atoms with Crippen molar-refractivity contribution in [3.63, 3.8) is 0 Å². The van der Waals surface area contributed by atoms with Crippen LogP contribution in [0.3, 0.4) is 0 Å². The fraction of sp³-hybridized carbons (Fsp3) is 0.515. The van der Waals surface area contributed by atoms with Crippen LogP contribution >= 0.6 is 0 Å². The molecule has 3 aromatic rings. The van der Waals surface area contributed by atoms with Crippen LogP contribution in [0.2, 0.25) is 0 Å². The molecule has 2 N–H and O–H groups in total. The number of benzene rings is 1. The summed E-state index contributed by atoms with van der Waals surface area (Å²) in [7, 11) is 0. The van der Waals surface area contributed by atoms with Gasteiger partial charge in [-0.1, -0.05) is 39.8 Å². The summed E-state index contributed by atoms with van der Waals surface area (Å²) >= 11 is 0. The highest BCUT2D eigenvalue weighted by molar-refractivity contribution is 5.95. The highest BCUT2D eigenvalue weighted by Gasteiger charge is 2.28. The van der Waals surface area contributed by atoms with Crippen LogP contribution in [0.5, 0.6) is 0 Å². The van der Waals surface area contributed by atoms with Gasteiger partial charge in [-0.2, -0.15) is 5.10 Å². The fourth-order valence-electron chi connectivity index (χ4n) is 4.52. The van der Waals surface area contributed by atoms with Gasteiger partial charge in [0.2, 0.25) is 11.7 Å². The smallest absolute Gasteiger partial charge is 0.328 e. The van der Waals surface area contributed by atoms with Crippen LogP contribution in [0, 0.1) is 5.92 Å². The van der Waals surface area contributed by atoms with Gasteiger partial charge in [0.15, 0.2) is 0 Å². The Bertz CT molecular complexity index is 1480. The van der Waals surface area contributed by atoms with E-state index >= 15 is 0 Å². The molecule has 0 aliphatic rings. The molecule has 45 heavy (non-hydrogen) atoms. The molecule has 2 heterocycles. The third-order valence-corrected chi connectivity index (χ3v) is 6.91. The Morgan fingerprint density at radius 2 is 1.67 bits per heavy atom. The highest BCUT2D eigenvalue weighted by atomic mass is 16.6. The second-order valence-electron chi connectivity index (χ2n) is 12.0. The number of nitrogens with one attached hydrogen (secondary N) is 2. The minimum atomic E-state index is -0.837. The van der Waals surface area contributed by atoms with Crippen LogP contribution in [0.15, 0.2) is 40.9 Å². The van der Waals surface area contributed by atoms with E-state index in [1.807, 2.05) is 19.9 Å². The van der Waals surface area contributed by atoms with Crippen molar-refractivity contribution in [1.29, 1.82) is 0 Å². The van der Waals surface area contributed by atoms with Gasteiger partial charge in [0.25, 0.3) is 11.8 Å². The number of hydrogen-bond acceptors (Lipinski definition) is 9. The molecule has 0 saturated heterocycles. The number of nitrogens with zero attached hydrogens (tertiary/aromatic N) is 3. The molecule has 0 aliphatic heterocycles. The Labute approximate surface area is 264 Å². The molecule has 1 atom stereocenters. The number of ether oxygens (including phenoxy) is 2. The van der Waals surface area contributed by atoms with Gasteiger partial charge < -0.3 is 24.5 Å². The van der Waals surface area contributed by atoms with E-state index < -0.39 is 29.5 Å². The maximum Gasteiger partial charge on any atom is 0.328 e. The van der Waals surface area contributed by atoms with Crippen molar-refractivity contribution in [2.75, 3.05) is 6.61 Å². The predicted molar refractivity (Wildman–Crippen MR) is 168 cm³/mol. The molecule has 2 amide bonds. The Balaban J connectivity index is 1.87. The molecule has 1 aromatic carbocycles. The van der Waals surface area contributed by atoms with Crippen molar-refractivity contribution in [2.24, 2.45) is 5.92 Å². The maximum atomic E-state index is 13.3. The number of carbonyl (C=O) groups is 4. The van der Waals surface area contributed by atoms with Gasteiger partial charge in [0, 0.05) is 17.2 Å². The zero-order chi connectivity index (χ0) is 33.3. The summed E-state index contributed by atoms with van der Waals surface area (Å²) in [5.41, 5.74) is 1.45. The number of aryl methyl sites for hydroxylation is 1. The van der Waals surface area contributed by atoms with Gasteiger partial charge in [-0.25, -0.2) is 9.78 Å². The molecule has 0 radical (unpaired) electrons. The van der Waals surface area contributed by atoms with Gasteiger partial charge in [-0.05, 0) is 64.7 Å². The Morgan fingerprint density at radius 3 is 2.29 bits per heavy atom. The minimum Gasteiger partial charge on any atom is -0.464 e. The molecule has 0 bridgehead atoms. The Hall–Kier alpha value is -4.48. The highest BCUT2D eigenvalue weighted by Crippen LogP contribution is 2.27. The quantitative estimate of drug-likeness (QED) is 0.231. The first-order valence-corrected chi connectivity index (χ1v) is 15.4. The van der Waals surface area contributed by atoms with Crippen molar-refractivity contribution >= 4 is 23.8 Å². The molecule has 0 spiro atoms. The summed E-state index contributed by atoms with van der Waals surface area (Å²) in [4.78, 5) is 55.2. The third-order valence-electron chi connectivity index (χ3n) is 6.91. The van der Waals surface area contributed by atoms with Crippen molar-refractivity contribution in [2.45, 2.75) is 98.9 Å². The lowest BCUT2D eigenvalue weighted by Crippen LogP contribution is -2.45. The number of esters is 2. The van der Waals surface area contributed by atoms with Crippen molar-refractivity contribution in [3.05, 3.63) is 48.0 Å². The van der Waals surface area contributed by atoms with Crippen LogP contribution in [-0.2, 0) is 25.6 Å². The SMILES string of the molecule is CCOC(=O)[C@@H](NC(=O)c1cnc(-c2cccc(-c3cc(C(=O)NC(CC)CC)n(CCC(=O)OC(C)(C)C)n3)c2)o1)C(C)C. The van der Waals surface area contributed by atoms with Crippen molar-refractivity contribution < 1.29 is 33.1 Å². The zero-order valence-electron chi connectivity index (χ0n) is 27.4. The average molecular weight is 624 g/mol. The lowest BCUT2D eigenvalue weighted by Gasteiger charge is -2.19. The molecule has 2 aromatic heterocycles. The molecule has 0 saturated carbocycles. The first kappa shape index (κ1) is 35.0. The Morgan fingerprint density at radius 1 is 0.978 bits per heavy atom. The summed E-state index contributed by atoms with van der Waals surface area (Å²) < 4.78 is 17.8. The van der Waals surface area contributed by atoms with E-state index in [0.29, 0.717) is 22.5 Å². The molecular weight excluding hydrogens is 578 g/mol. The molecule has 0 fully saturated rings. The Kier molecular flexibility index (Phi) is 12.1. The molecule has 12 heteroatoms. The summed E-state index contributed by atoms with van der Waals surface area (Å²) in [6.07, 6.45) is 2.89. The van der Waals surface area contributed by atoms with Crippen LogP contribution < -0.4 is 10.6 Å². The summed E-state index contributed by atoms with van der Waals surface area (Å²) in [5, 5.41) is 10.4. The van der Waals surface area contributed by atoms with E-state index in [2.05, 4.69) is 20.7 Å². The van der Waals surface area contributed by atoms with Crippen molar-refractivity contribution in [1.82, 2.24) is 25.4 Å². The van der Waals surface area contributed by atoms with Crippen molar-refractivity contribution in [3.8, 4) is 22.7 Å². The summed E-state index contributed by atoms with van der Waals surface area (Å²) in [5.74, 6) is -1.85. The van der Waals surface area contributed by atoms with E-state index in [9.17, 15) is 19.2 Å². The van der Waals surface area contributed by atoms with E-state index in [-0.39, 0.29) is 49.1 Å². The van der Waals surface area contributed by atoms with E-state index in [0.717, 1.165) is 12.8 Å². The molecule has 12 nitrogen and oxygen atoms in total. The van der Waals surface area contributed by atoms with Crippen LogP contribution in [0.4, 0.5) is 0 Å². The van der Waals surface area contributed by atoms with Gasteiger partial charge in [0.1, 0.15) is 17.3 Å². The van der Waals surface area contributed by atoms with Gasteiger partial charge in [-0.3, -0.25) is 19.1 Å². The standard InChI is InChI=1S/C33H45N5O7/c1-9-23(10-2)35-29(40)25-18-24(37-38(25)16-15-27(39)45-33(6,7)8)21-13-12-14-22(17-21)31-34-19-26(44-31)30(41)36-28(20(4)5)32(42)43-11-3/h12-14,17-20,23,28H,9-11,15-16H2,1-8H3,(H,35,40)(H,36,41)/t28-/m0/s1. The van der Waals surface area contributed by atoms with Gasteiger partial charge in [0.05, 0.1) is 31.5 Å². The largest absolute Gasteiger partial charge is 0.464 e. The summed E-state index contributed by atoms with van der Waals surface area (Å²) in [6, 6.07) is 8.02. The number of hydrogen-bond donors (Lipinski definition) is 2. The first-order valence-electron chi connectivity index (χ1n) is 15.4. The molecule has 3 rings (SSSR count). The summed E-state index contributed by atoms with van der Waals surface area (Å²) in [6.45, 7) is 15.1. The molecular formula is C33H45N5O7. The van der Waals surface area contributed by atoms with Gasteiger partial charge >= 0.3 is 11.9 Å². The molecule has 0 unspecified atom stereocenters. The number of carbonyl (C=O) groups excluding carboxylic acids is 4. The molecule has 0 aliphatic carbocycles. The van der Waals surface area contributed by atoms with Gasteiger partial charge in [-0.15, -0.1) is 0 Å². The average Bonchev–Trinajstić information content (AvgIpc) is 3.65. The topological polar surface area (TPSA) is 155 Å². The monoisotopic (exact) mass is 623 g/mol. The zero-order valence-corrected chi connectivity index (χ0v) is 27.4. The maximum absolute atomic E-state index is 13.3. The lowest BCUT2D eigenvalue weighted by atomic mass is 10.0. The number of rotatable bonds is 14. The normalized spacial score (nSPS) is 12.2. The first-order chi connectivity index (χ1) is 21.3. The number of oxazole rings is 1. The third kappa shape index (κ3) is 9.75. The number of aromatic nitrogens is 3. The van der Waals surface area contributed by atoms with Crippen LogP contribution in [-0.4, -0.2) is 62.8 Å². The van der Waals surface area contributed by atoms with Crippen LogP contribution in [0.25, 0.3) is 22.7 Å². The predicted octanol–water partition coefficient (Wildman–Crippen LogP) is 5.17. The van der Waals surface area contributed by atoms with E-state index in [4.69, 9.17) is 13.9 Å². The minimum absolute atomic E-state index is 0.00279. The fourth-order valence-corrected chi connectivity index (χ4v) is 4.52. The van der Waals surface area contributed by atoms with E-state index in [1.54, 1.807) is 65.8 Å². The van der Waals surface area contributed by atoms with Crippen LogP contribution in [0.1, 0.15) is 95.7 Å².